The van der Waals surface area contributed by atoms with Crippen LogP contribution in [0.25, 0.3) is 39.1 Å². The Balaban J connectivity index is 1.55. The molecule has 1 aliphatic carbocycles. The molecular weight excluding hydrogens is 410 g/mol. The Morgan fingerprint density at radius 1 is 0.676 bits per heavy atom. The topological polar surface area (TPSA) is 3.24 Å². The second kappa shape index (κ2) is 7.46. The molecule has 1 nitrogen and oxygen atoms in total. The van der Waals surface area contributed by atoms with E-state index in [1.165, 1.54) is 66.8 Å². The fraction of sp³-hybridized carbons (Fsp3) is 0.0909. The largest absolute Gasteiger partial charge is 0.309 e. The Labute approximate surface area is 200 Å². The van der Waals surface area contributed by atoms with Crippen LogP contribution in [-0.2, 0) is 6.42 Å². The molecule has 5 aromatic rings. The number of fused-ring (bicyclic) bond motifs is 3. The average molecular weight is 436 g/mol. The van der Waals surface area contributed by atoms with Crippen molar-refractivity contribution in [2.75, 3.05) is 4.90 Å². The van der Waals surface area contributed by atoms with Gasteiger partial charge in [-0.1, -0.05) is 78.9 Å². The highest BCUT2D eigenvalue weighted by molar-refractivity contribution is 6.14. The van der Waals surface area contributed by atoms with Crippen molar-refractivity contribution in [1.29, 1.82) is 0 Å². The third kappa shape index (κ3) is 2.94. The molecule has 0 unspecified atom stereocenters. The summed E-state index contributed by atoms with van der Waals surface area (Å²) in [6, 6.07) is 35.9. The Bertz CT molecular complexity index is 1600. The maximum absolute atomic E-state index is 2.48. The van der Waals surface area contributed by atoms with Crippen LogP contribution in [-0.4, -0.2) is 0 Å². The van der Waals surface area contributed by atoms with Crippen molar-refractivity contribution in [2.45, 2.75) is 19.8 Å². The van der Waals surface area contributed by atoms with Crippen LogP contribution < -0.4 is 4.90 Å². The zero-order valence-corrected chi connectivity index (χ0v) is 19.3. The fourth-order valence-corrected chi connectivity index (χ4v) is 5.70. The third-order valence-electron chi connectivity index (χ3n) is 7.22. The summed E-state index contributed by atoms with van der Waals surface area (Å²) in [6.07, 6.45) is 6.83. The van der Waals surface area contributed by atoms with Crippen molar-refractivity contribution in [3.8, 4) is 22.3 Å². The Hall–Kier alpha value is -4.10. The van der Waals surface area contributed by atoms with Gasteiger partial charge in [-0.05, 0) is 88.9 Å². The summed E-state index contributed by atoms with van der Waals surface area (Å²) in [5, 5.41) is 2.63. The summed E-state index contributed by atoms with van der Waals surface area (Å²) in [6.45, 7) is 2.20. The highest BCUT2D eigenvalue weighted by Gasteiger charge is 2.27. The molecule has 1 heteroatoms. The van der Waals surface area contributed by atoms with Crippen LogP contribution >= 0.6 is 0 Å². The molecular formula is C33H25N. The van der Waals surface area contributed by atoms with Gasteiger partial charge < -0.3 is 4.90 Å². The lowest BCUT2D eigenvalue weighted by Gasteiger charge is -2.35. The van der Waals surface area contributed by atoms with E-state index in [1.54, 1.807) is 0 Å². The van der Waals surface area contributed by atoms with Crippen molar-refractivity contribution in [3.63, 3.8) is 0 Å². The zero-order chi connectivity index (χ0) is 22.6. The van der Waals surface area contributed by atoms with E-state index in [0.717, 1.165) is 12.8 Å². The van der Waals surface area contributed by atoms with Gasteiger partial charge in [-0.15, -0.1) is 0 Å². The van der Waals surface area contributed by atoms with Crippen LogP contribution in [0.5, 0.6) is 0 Å². The monoisotopic (exact) mass is 435 g/mol. The molecule has 162 valence electrons. The predicted octanol–water partition coefficient (Wildman–Crippen LogP) is 9.22. The van der Waals surface area contributed by atoms with E-state index in [4.69, 9.17) is 0 Å². The number of benzene rings is 5. The number of rotatable bonds is 2. The molecule has 0 bridgehead atoms. The first-order valence-corrected chi connectivity index (χ1v) is 12.1. The molecule has 0 saturated carbocycles. The van der Waals surface area contributed by atoms with Crippen LogP contribution in [0.15, 0.2) is 103 Å². The third-order valence-corrected chi connectivity index (χ3v) is 7.22. The van der Waals surface area contributed by atoms with Gasteiger partial charge in [-0.2, -0.15) is 0 Å². The molecule has 34 heavy (non-hydrogen) atoms. The molecule has 1 aliphatic heterocycles. The normalized spacial score (nSPS) is 13.6. The van der Waals surface area contributed by atoms with Crippen molar-refractivity contribution >= 4 is 33.9 Å². The smallest absolute Gasteiger partial charge is 0.0546 e. The number of anilines is 3. The van der Waals surface area contributed by atoms with E-state index in [2.05, 4.69) is 121 Å². The molecule has 0 amide bonds. The summed E-state index contributed by atoms with van der Waals surface area (Å²) < 4.78 is 0. The summed E-state index contributed by atoms with van der Waals surface area (Å²) in [5.41, 5.74) is 13.0. The van der Waals surface area contributed by atoms with Crippen LogP contribution in [0.4, 0.5) is 17.1 Å². The van der Waals surface area contributed by atoms with Crippen LogP contribution in [0.1, 0.15) is 23.1 Å². The standard InChI is InChI=1S/C33H25N/c1-22-17-27(23-9-3-2-4-10-23)19-28(18-22)34-31-16-8-14-24-13-7-15-29(33(24)31)30-20-25-11-5-6-12-26(25)21-32(30)34/h2-4,6-10,12-21H,5,11H2,1H3. The molecule has 0 atom stereocenters. The van der Waals surface area contributed by atoms with Crippen molar-refractivity contribution in [2.24, 2.45) is 0 Å². The van der Waals surface area contributed by atoms with Gasteiger partial charge in [-0.25, -0.2) is 0 Å². The minimum atomic E-state index is 1.11. The van der Waals surface area contributed by atoms with Gasteiger partial charge in [0, 0.05) is 16.6 Å². The molecule has 0 aromatic heterocycles. The van der Waals surface area contributed by atoms with Crippen molar-refractivity contribution in [3.05, 3.63) is 120 Å². The zero-order valence-electron chi connectivity index (χ0n) is 19.3. The van der Waals surface area contributed by atoms with Gasteiger partial charge >= 0.3 is 0 Å². The Morgan fingerprint density at radius 3 is 2.41 bits per heavy atom. The summed E-state index contributed by atoms with van der Waals surface area (Å²) >= 11 is 0. The van der Waals surface area contributed by atoms with E-state index in [1.807, 2.05) is 0 Å². The lowest BCUT2D eigenvalue weighted by atomic mass is 9.86. The molecule has 0 fully saturated rings. The van der Waals surface area contributed by atoms with Gasteiger partial charge in [0.15, 0.2) is 0 Å². The Kier molecular flexibility index (Phi) is 4.25. The minimum Gasteiger partial charge on any atom is -0.309 e. The lowest BCUT2D eigenvalue weighted by molar-refractivity contribution is 0.985. The molecule has 5 aromatic carbocycles. The van der Waals surface area contributed by atoms with Crippen LogP contribution in [0.3, 0.4) is 0 Å². The van der Waals surface area contributed by atoms with Crippen molar-refractivity contribution < 1.29 is 0 Å². The summed E-state index contributed by atoms with van der Waals surface area (Å²) in [7, 11) is 0. The molecule has 7 rings (SSSR count). The van der Waals surface area contributed by atoms with E-state index in [9.17, 15) is 0 Å². The lowest BCUT2D eigenvalue weighted by Crippen LogP contribution is -2.16. The van der Waals surface area contributed by atoms with E-state index < -0.39 is 0 Å². The second-order valence-corrected chi connectivity index (χ2v) is 9.45. The number of hydrogen-bond donors (Lipinski definition) is 0. The molecule has 1 heterocycles. The SMILES string of the molecule is Cc1cc(-c2ccccc2)cc(N2c3cc4c(cc3-c3cccc5cccc2c35)CCC=C4)c1. The van der Waals surface area contributed by atoms with Gasteiger partial charge in [0.1, 0.15) is 0 Å². The van der Waals surface area contributed by atoms with E-state index in [0.29, 0.717) is 0 Å². The van der Waals surface area contributed by atoms with Gasteiger partial charge in [0.25, 0.3) is 0 Å². The number of aryl methyl sites for hydroxylation is 2. The maximum atomic E-state index is 2.48. The van der Waals surface area contributed by atoms with Gasteiger partial charge in [0.2, 0.25) is 0 Å². The maximum Gasteiger partial charge on any atom is 0.0546 e. The van der Waals surface area contributed by atoms with E-state index >= 15 is 0 Å². The Morgan fingerprint density at radius 2 is 1.53 bits per heavy atom. The van der Waals surface area contributed by atoms with Crippen LogP contribution in [0.2, 0.25) is 0 Å². The fourth-order valence-electron chi connectivity index (χ4n) is 5.70. The molecule has 2 aliphatic rings. The quantitative estimate of drug-likeness (QED) is 0.262. The van der Waals surface area contributed by atoms with E-state index in [-0.39, 0.29) is 0 Å². The first kappa shape index (κ1) is 19.4. The predicted molar refractivity (Wildman–Crippen MR) is 145 cm³/mol. The number of nitrogens with zero attached hydrogens (tertiary/aromatic N) is 1. The second-order valence-electron chi connectivity index (χ2n) is 9.45. The van der Waals surface area contributed by atoms with Gasteiger partial charge in [-0.3, -0.25) is 0 Å². The molecule has 0 saturated heterocycles. The highest BCUT2D eigenvalue weighted by atomic mass is 15.2. The average Bonchev–Trinajstić information content (AvgIpc) is 2.88. The minimum absolute atomic E-state index is 1.11. The first-order valence-electron chi connectivity index (χ1n) is 12.1. The van der Waals surface area contributed by atoms with Gasteiger partial charge in [0.05, 0.1) is 11.4 Å². The first-order chi connectivity index (χ1) is 16.8. The highest BCUT2D eigenvalue weighted by Crippen LogP contribution is 2.52. The summed E-state index contributed by atoms with van der Waals surface area (Å²) in [4.78, 5) is 2.48. The summed E-state index contributed by atoms with van der Waals surface area (Å²) in [5.74, 6) is 0. The number of hydrogen-bond acceptors (Lipinski definition) is 1. The molecule has 0 radical (unpaired) electrons. The molecule has 0 spiro atoms. The van der Waals surface area contributed by atoms with Crippen molar-refractivity contribution in [1.82, 2.24) is 0 Å². The molecule has 0 N–H and O–H groups in total. The van der Waals surface area contributed by atoms with Crippen LogP contribution in [0, 0.1) is 6.92 Å². The number of allylic oxidation sites excluding steroid dienone is 1.